The van der Waals surface area contributed by atoms with E-state index in [0.29, 0.717) is 17.1 Å². The molecule has 0 spiro atoms. The first-order valence-electron chi connectivity index (χ1n) is 11.2. The van der Waals surface area contributed by atoms with E-state index in [2.05, 4.69) is 0 Å². The summed E-state index contributed by atoms with van der Waals surface area (Å²) in [4.78, 5) is 13.4. The van der Waals surface area contributed by atoms with Gasteiger partial charge in [0.1, 0.15) is 41.3 Å². The Hall–Kier alpha value is -3.55. The van der Waals surface area contributed by atoms with Gasteiger partial charge in [0.2, 0.25) is 12.0 Å². The number of fused-ring (bicyclic) bond motifs is 1. The highest BCUT2D eigenvalue weighted by Crippen LogP contribution is 2.44. The predicted octanol–water partition coefficient (Wildman–Crippen LogP) is 0.673. The molecule has 4 rings (SSSR count). The van der Waals surface area contributed by atoms with Crippen molar-refractivity contribution in [1.29, 1.82) is 0 Å². The van der Waals surface area contributed by atoms with Gasteiger partial charge in [0.25, 0.3) is 0 Å². The average molecular weight is 520 g/mol. The van der Waals surface area contributed by atoms with E-state index in [1.54, 1.807) is 18.2 Å². The minimum absolute atomic E-state index is 0.0335. The van der Waals surface area contributed by atoms with Crippen LogP contribution in [0.5, 0.6) is 28.7 Å². The van der Waals surface area contributed by atoms with Crippen LogP contribution in [0.15, 0.2) is 39.5 Å². The zero-order valence-electron chi connectivity index (χ0n) is 20.5. The fourth-order valence-corrected chi connectivity index (χ4v) is 4.20. The summed E-state index contributed by atoms with van der Waals surface area (Å²) in [5.74, 6) is 1.01. The van der Waals surface area contributed by atoms with Gasteiger partial charge in [-0.25, -0.2) is 0 Å². The lowest BCUT2D eigenvalue weighted by atomic mass is 9.99. The Morgan fingerprint density at radius 2 is 1.54 bits per heavy atom. The van der Waals surface area contributed by atoms with Crippen molar-refractivity contribution >= 4 is 11.0 Å². The third kappa shape index (κ3) is 4.65. The average Bonchev–Trinajstić information content (AvgIpc) is 2.91. The van der Waals surface area contributed by atoms with Crippen molar-refractivity contribution < 1.29 is 53.3 Å². The third-order valence-electron chi connectivity index (χ3n) is 6.07. The second kappa shape index (κ2) is 10.8. The Morgan fingerprint density at radius 3 is 2.16 bits per heavy atom. The SMILES string of the molecule is COc1cccc(-c2cc(=O)c3c(O[C@@H]4O[C@@H](CO)[C@H](O)[C@H](O)[C@H]4O)cc(OC)c(OC)c3o2)c1OC. The fraction of sp³-hybridized carbons (Fsp3) is 0.400. The van der Waals surface area contributed by atoms with Crippen LogP contribution in [-0.4, -0.2) is 86.2 Å². The molecule has 3 aromatic rings. The molecule has 0 unspecified atom stereocenters. The van der Waals surface area contributed by atoms with Crippen LogP contribution in [0.1, 0.15) is 0 Å². The molecule has 1 aromatic heterocycles. The molecule has 0 radical (unpaired) electrons. The van der Waals surface area contributed by atoms with Gasteiger partial charge in [-0.3, -0.25) is 4.79 Å². The highest BCUT2D eigenvalue weighted by Gasteiger charge is 2.45. The number of para-hydroxylation sites is 1. The maximum atomic E-state index is 13.4. The van der Waals surface area contributed by atoms with Crippen molar-refractivity contribution in [1.82, 2.24) is 0 Å². The number of hydrogen-bond acceptors (Lipinski definition) is 12. The van der Waals surface area contributed by atoms with E-state index < -0.39 is 42.7 Å². The summed E-state index contributed by atoms with van der Waals surface area (Å²) >= 11 is 0. The molecule has 4 N–H and O–H groups in total. The van der Waals surface area contributed by atoms with Crippen molar-refractivity contribution in [3.8, 4) is 40.1 Å². The second-order valence-electron chi connectivity index (χ2n) is 8.15. The third-order valence-corrected chi connectivity index (χ3v) is 6.07. The molecule has 1 fully saturated rings. The smallest absolute Gasteiger partial charge is 0.229 e. The first-order valence-corrected chi connectivity index (χ1v) is 11.2. The van der Waals surface area contributed by atoms with Gasteiger partial charge in [0.15, 0.2) is 28.3 Å². The maximum Gasteiger partial charge on any atom is 0.229 e. The lowest BCUT2D eigenvalue weighted by Crippen LogP contribution is -2.60. The maximum absolute atomic E-state index is 13.4. The van der Waals surface area contributed by atoms with Crippen LogP contribution >= 0.6 is 0 Å². The summed E-state index contributed by atoms with van der Waals surface area (Å²) < 4.78 is 39.0. The molecule has 12 nitrogen and oxygen atoms in total. The van der Waals surface area contributed by atoms with E-state index in [1.807, 2.05) is 0 Å². The lowest BCUT2D eigenvalue weighted by Gasteiger charge is -2.39. The lowest BCUT2D eigenvalue weighted by molar-refractivity contribution is -0.277. The van der Waals surface area contributed by atoms with Crippen LogP contribution in [0, 0.1) is 0 Å². The molecule has 0 amide bonds. The van der Waals surface area contributed by atoms with Gasteiger partial charge in [0, 0.05) is 12.1 Å². The highest BCUT2D eigenvalue weighted by molar-refractivity contribution is 5.92. The number of rotatable bonds is 8. The molecule has 2 heterocycles. The first kappa shape index (κ1) is 26.5. The summed E-state index contributed by atoms with van der Waals surface area (Å²) in [5, 5.41) is 40.0. The molecule has 200 valence electrons. The number of methoxy groups -OCH3 is 4. The Bertz CT molecular complexity index is 1320. The molecule has 5 atom stereocenters. The van der Waals surface area contributed by atoms with Crippen molar-refractivity contribution in [2.24, 2.45) is 0 Å². The van der Waals surface area contributed by atoms with Gasteiger partial charge in [0.05, 0.1) is 40.6 Å². The summed E-state index contributed by atoms with van der Waals surface area (Å²) in [7, 11) is 5.67. The largest absolute Gasteiger partial charge is 0.493 e. The number of benzene rings is 2. The Labute approximate surface area is 211 Å². The van der Waals surface area contributed by atoms with Gasteiger partial charge >= 0.3 is 0 Å². The molecule has 0 saturated carbocycles. The zero-order chi connectivity index (χ0) is 26.9. The standard InChI is InChI=1S/C25H28O12/c1-31-13-7-5-6-11(22(13)33-3)14-8-12(27)18-15(9-16(32-2)23(34-4)24(18)35-14)36-25-21(30)20(29)19(28)17(10-26)37-25/h5-9,17,19-21,25-26,28-30H,10H2,1-4H3/t17-,19-,20-,21+,25+/m0/s1. The summed E-state index contributed by atoms with van der Waals surface area (Å²) in [6.45, 7) is -0.647. The van der Waals surface area contributed by atoms with Crippen LogP contribution in [0.2, 0.25) is 0 Å². The fourth-order valence-electron chi connectivity index (χ4n) is 4.20. The van der Waals surface area contributed by atoms with Crippen LogP contribution in [0.3, 0.4) is 0 Å². The molecular weight excluding hydrogens is 492 g/mol. The number of ether oxygens (including phenoxy) is 6. The van der Waals surface area contributed by atoms with E-state index in [9.17, 15) is 25.2 Å². The zero-order valence-corrected chi connectivity index (χ0v) is 20.5. The molecule has 12 heteroatoms. The van der Waals surface area contributed by atoms with E-state index in [-0.39, 0.29) is 34.0 Å². The Balaban J connectivity index is 1.90. The summed E-state index contributed by atoms with van der Waals surface area (Å²) in [5.41, 5.74) is -0.141. The minimum Gasteiger partial charge on any atom is -0.493 e. The topological polar surface area (TPSA) is 167 Å². The molecule has 1 saturated heterocycles. The Morgan fingerprint density at radius 1 is 0.838 bits per heavy atom. The molecule has 1 aliphatic rings. The van der Waals surface area contributed by atoms with Gasteiger partial charge < -0.3 is 53.3 Å². The van der Waals surface area contributed by atoms with Crippen LogP contribution in [0.4, 0.5) is 0 Å². The van der Waals surface area contributed by atoms with Crippen molar-refractivity contribution in [2.45, 2.75) is 30.7 Å². The van der Waals surface area contributed by atoms with Gasteiger partial charge in [-0.15, -0.1) is 0 Å². The van der Waals surface area contributed by atoms with Crippen LogP contribution < -0.4 is 29.1 Å². The van der Waals surface area contributed by atoms with Crippen LogP contribution in [-0.2, 0) is 4.74 Å². The van der Waals surface area contributed by atoms with Gasteiger partial charge in [-0.1, -0.05) is 6.07 Å². The molecule has 0 bridgehead atoms. The normalized spacial score (nSPS) is 23.5. The quantitative estimate of drug-likeness (QED) is 0.328. The Kier molecular flexibility index (Phi) is 7.76. The van der Waals surface area contributed by atoms with Crippen LogP contribution in [0.25, 0.3) is 22.3 Å². The van der Waals surface area contributed by atoms with Crippen molar-refractivity contribution in [3.63, 3.8) is 0 Å². The second-order valence-corrected chi connectivity index (χ2v) is 8.15. The molecule has 2 aromatic carbocycles. The molecular formula is C25H28O12. The molecule has 0 aliphatic carbocycles. The minimum atomic E-state index is -1.70. The number of aliphatic hydroxyl groups is 4. The van der Waals surface area contributed by atoms with Crippen molar-refractivity contribution in [2.75, 3.05) is 35.0 Å². The van der Waals surface area contributed by atoms with Crippen molar-refractivity contribution in [3.05, 3.63) is 40.6 Å². The summed E-state index contributed by atoms with van der Waals surface area (Å²) in [6.07, 6.45) is -7.71. The number of hydrogen-bond donors (Lipinski definition) is 4. The summed E-state index contributed by atoms with van der Waals surface area (Å²) in [6, 6.07) is 7.65. The van der Waals surface area contributed by atoms with E-state index >= 15 is 0 Å². The number of aliphatic hydroxyl groups excluding tert-OH is 4. The van der Waals surface area contributed by atoms with Gasteiger partial charge in [-0.05, 0) is 12.1 Å². The van der Waals surface area contributed by atoms with Gasteiger partial charge in [-0.2, -0.15) is 0 Å². The first-order chi connectivity index (χ1) is 17.8. The predicted molar refractivity (Wildman–Crippen MR) is 129 cm³/mol. The monoisotopic (exact) mass is 520 g/mol. The highest BCUT2D eigenvalue weighted by atomic mass is 16.7. The molecule has 1 aliphatic heterocycles. The van der Waals surface area contributed by atoms with E-state index in [0.717, 1.165) is 0 Å². The molecule has 37 heavy (non-hydrogen) atoms. The van der Waals surface area contributed by atoms with E-state index in [1.165, 1.54) is 40.6 Å². The van der Waals surface area contributed by atoms with E-state index in [4.69, 9.17) is 32.8 Å².